The third-order valence-electron chi connectivity index (χ3n) is 5.62. The molecule has 210 valence electrons. The molecular weight excluding hydrogens is 556 g/mol. The molecule has 0 aliphatic heterocycles. The van der Waals surface area contributed by atoms with Gasteiger partial charge in [-0.3, -0.25) is 0 Å². The van der Waals surface area contributed by atoms with Crippen molar-refractivity contribution >= 4 is 26.4 Å². The van der Waals surface area contributed by atoms with Gasteiger partial charge in [-0.15, -0.1) is 0 Å². The van der Waals surface area contributed by atoms with Crippen LogP contribution in [-0.2, 0) is 23.3 Å². The van der Waals surface area contributed by atoms with Gasteiger partial charge in [-0.25, -0.2) is 8.42 Å². The fourth-order valence-electron chi connectivity index (χ4n) is 3.61. The summed E-state index contributed by atoms with van der Waals surface area (Å²) in [5.74, 6) is -5.72. The van der Waals surface area contributed by atoms with E-state index in [1.165, 1.54) is 43.3 Å². The molecule has 0 saturated heterocycles. The minimum atomic E-state index is -6.23. The lowest BCUT2D eigenvalue weighted by atomic mass is 10.1. The van der Waals surface area contributed by atoms with Crippen LogP contribution in [0.1, 0.15) is 26.2 Å². The number of carbonyl (C=O) groups is 1. The van der Waals surface area contributed by atoms with Crippen molar-refractivity contribution in [2.75, 3.05) is 6.61 Å². The third kappa shape index (κ3) is 6.54. The molecule has 0 aliphatic rings. The number of carbonyl (C=O) groups excluding carboxylic acids is 1. The van der Waals surface area contributed by atoms with E-state index in [0.717, 1.165) is 0 Å². The first-order chi connectivity index (χ1) is 18.3. The van der Waals surface area contributed by atoms with Crippen LogP contribution in [0.3, 0.4) is 0 Å². The minimum Gasteiger partial charge on any atom is -0.462 e. The molecule has 0 aliphatic carbocycles. The van der Waals surface area contributed by atoms with E-state index >= 15 is 8.78 Å². The predicted molar refractivity (Wildman–Crippen MR) is 141 cm³/mol. The molecule has 11 heteroatoms. The summed E-state index contributed by atoms with van der Waals surface area (Å²) in [5, 5.41) is -5.56. The Balaban J connectivity index is 1.99. The Morgan fingerprint density at radius 2 is 1.18 bits per heavy atom. The summed E-state index contributed by atoms with van der Waals surface area (Å²) >= 11 is 0. The van der Waals surface area contributed by atoms with Crippen LogP contribution in [-0.4, -0.2) is 32.2 Å². The summed E-state index contributed by atoms with van der Waals surface area (Å²) in [6, 6.07) is 23.4. The van der Waals surface area contributed by atoms with Crippen LogP contribution in [0.4, 0.5) is 17.6 Å². The van der Waals surface area contributed by atoms with Crippen LogP contribution in [0.15, 0.2) is 118 Å². The maximum Gasteiger partial charge on any atom is 0.432 e. The average molecular weight is 585 g/mol. The van der Waals surface area contributed by atoms with Crippen LogP contribution < -0.4 is 0 Å². The number of hydrogen-bond donors (Lipinski definition) is 0. The number of unbranched alkanes of at least 4 members (excludes halogenated alkanes) is 1. The molecule has 0 amide bonds. The van der Waals surface area contributed by atoms with E-state index in [-0.39, 0.29) is 33.3 Å². The second-order valence-electron chi connectivity index (χ2n) is 8.61. The number of benzene rings is 3. The van der Waals surface area contributed by atoms with Crippen LogP contribution >= 0.6 is 10.3 Å². The third-order valence-corrected chi connectivity index (χ3v) is 10.9. The molecule has 0 radical (unpaired) electrons. The summed E-state index contributed by atoms with van der Waals surface area (Å²) in [5.41, 5.74) is 0.0938. The van der Waals surface area contributed by atoms with E-state index < -0.39 is 50.4 Å². The lowest BCUT2D eigenvalue weighted by Gasteiger charge is -2.40. The molecule has 0 N–H and O–H groups in total. The van der Waals surface area contributed by atoms with E-state index in [2.05, 4.69) is 6.58 Å². The maximum atomic E-state index is 15.3. The van der Waals surface area contributed by atoms with Crippen molar-refractivity contribution in [3.8, 4) is 0 Å². The van der Waals surface area contributed by atoms with Gasteiger partial charge in [-0.1, -0.05) is 61.2 Å². The van der Waals surface area contributed by atoms with Gasteiger partial charge in [0.05, 0.1) is 6.61 Å². The SMILES string of the molecule is C=C(C)C(=O)OCCCCC(F)(F)C(F)(F)S(=O)(=O)OS(c1ccccc1)(c1ccccc1)c1ccccc1. The number of hydrogen-bond acceptors (Lipinski definition) is 5. The number of esters is 1. The van der Waals surface area contributed by atoms with Gasteiger partial charge in [0.2, 0.25) is 0 Å². The van der Waals surface area contributed by atoms with E-state index in [0.29, 0.717) is 0 Å². The van der Waals surface area contributed by atoms with Crippen molar-refractivity contribution in [2.45, 2.75) is 52.0 Å². The summed E-state index contributed by atoms with van der Waals surface area (Å²) < 4.78 is 96.7. The number of halogens is 4. The van der Waals surface area contributed by atoms with Gasteiger partial charge in [0.25, 0.3) is 0 Å². The van der Waals surface area contributed by atoms with Gasteiger partial charge in [-0.05, 0) is 66.5 Å². The molecule has 3 aromatic rings. The summed E-state index contributed by atoms with van der Waals surface area (Å²) in [7, 11) is -9.68. The van der Waals surface area contributed by atoms with Crippen LogP contribution in [0.2, 0.25) is 0 Å². The quantitative estimate of drug-likeness (QED) is 0.0890. The van der Waals surface area contributed by atoms with Crippen LogP contribution in [0.25, 0.3) is 0 Å². The normalized spacial score (nSPS) is 13.1. The highest BCUT2D eigenvalue weighted by Gasteiger charge is 2.67. The van der Waals surface area contributed by atoms with Crippen molar-refractivity contribution in [3.63, 3.8) is 0 Å². The first-order valence-corrected chi connectivity index (χ1v) is 14.8. The number of alkyl halides is 4. The summed E-state index contributed by atoms with van der Waals surface area (Å²) in [6.45, 7) is 4.46. The molecule has 0 bridgehead atoms. The van der Waals surface area contributed by atoms with Gasteiger partial charge in [0.1, 0.15) is 0 Å². The van der Waals surface area contributed by atoms with E-state index in [9.17, 15) is 22.0 Å². The highest BCUT2D eigenvalue weighted by atomic mass is 32.3. The Bertz CT molecular complexity index is 1270. The lowest BCUT2D eigenvalue weighted by Crippen LogP contribution is -2.48. The number of ether oxygens (including phenoxy) is 1. The zero-order valence-corrected chi connectivity index (χ0v) is 22.7. The van der Waals surface area contributed by atoms with Gasteiger partial charge in [0, 0.05) is 26.7 Å². The molecule has 3 rings (SSSR count). The van der Waals surface area contributed by atoms with Gasteiger partial charge in [0.15, 0.2) is 0 Å². The van der Waals surface area contributed by atoms with Crippen molar-refractivity contribution in [3.05, 3.63) is 103 Å². The monoisotopic (exact) mass is 584 g/mol. The molecule has 3 aromatic carbocycles. The van der Waals surface area contributed by atoms with Crippen molar-refractivity contribution in [1.82, 2.24) is 0 Å². The second kappa shape index (κ2) is 12.4. The Hall–Kier alpha value is -3.15. The van der Waals surface area contributed by atoms with Crippen molar-refractivity contribution in [1.29, 1.82) is 0 Å². The topological polar surface area (TPSA) is 69.7 Å². The van der Waals surface area contributed by atoms with E-state index in [1.54, 1.807) is 54.6 Å². The first kappa shape index (κ1) is 30.4. The molecule has 0 heterocycles. The highest BCUT2D eigenvalue weighted by molar-refractivity contribution is 8.33. The molecule has 0 unspecified atom stereocenters. The standard InChI is InChI=1S/C28H28F4O5S2/c1-22(2)26(33)36-21-13-12-20-27(29,30)28(31,32)39(34,35)37-38(23-14-6-3-7-15-23,24-16-8-4-9-17-24)25-18-10-5-11-19-25/h3-11,14-19H,1,12-13,20-21H2,2H3. The number of rotatable bonds is 13. The molecule has 0 aromatic heterocycles. The van der Waals surface area contributed by atoms with Crippen molar-refractivity contribution < 1.29 is 39.1 Å². The second-order valence-corrected chi connectivity index (χ2v) is 13.1. The van der Waals surface area contributed by atoms with Crippen LogP contribution in [0, 0.1) is 0 Å². The fourth-order valence-corrected chi connectivity index (χ4v) is 8.87. The minimum absolute atomic E-state index is 0.0938. The highest BCUT2D eigenvalue weighted by Crippen LogP contribution is 2.70. The first-order valence-electron chi connectivity index (χ1n) is 11.9. The van der Waals surface area contributed by atoms with E-state index in [1.807, 2.05) is 0 Å². The lowest BCUT2D eigenvalue weighted by molar-refractivity contribution is -0.164. The molecular formula is C28H28F4O5S2. The Morgan fingerprint density at radius 3 is 1.56 bits per heavy atom. The summed E-state index contributed by atoms with van der Waals surface area (Å²) in [6.07, 6.45) is -2.19. The smallest absolute Gasteiger partial charge is 0.432 e. The zero-order valence-electron chi connectivity index (χ0n) is 21.1. The molecule has 0 spiro atoms. The van der Waals surface area contributed by atoms with Crippen molar-refractivity contribution in [2.24, 2.45) is 0 Å². The van der Waals surface area contributed by atoms with Gasteiger partial charge >= 0.3 is 27.3 Å². The molecule has 0 saturated carbocycles. The largest absolute Gasteiger partial charge is 0.462 e. The Labute approximate surface area is 227 Å². The fraction of sp³-hybridized carbons (Fsp3) is 0.250. The molecule has 39 heavy (non-hydrogen) atoms. The van der Waals surface area contributed by atoms with Crippen LogP contribution in [0.5, 0.6) is 0 Å². The Morgan fingerprint density at radius 1 is 0.769 bits per heavy atom. The zero-order chi connectivity index (χ0) is 28.7. The maximum absolute atomic E-state index is 15.3. The predicted octanol–water partition coefficient (Wildman–Crippen LogP) is 7.75. The van der Waals surface area contributed by atoms with E-state index in [4.69, 9.17) is 8.37 Å². The molecule has 5 nitrogen and oxygen atoms in total. The molecule has 0 fully saturated rings. The Kier molecular flexibility index (Phi) is 9.63. The van der Waals surface area contributed by atoms with Gasteiger partial charge in [-0.2, -0.15) is 26.0 Å². The average Bonchev–Trinajstić information content (AvgIpc) is 2.92. The molecule has 0 atom stereocenters. The summed E-state index contributed by atoms with van der Waals surface area (Å²) in [4.78, 5) is 12.1. The van der Waals surface area contributed by atoms with Gasteiger partial charge < -0.3 is 4.74 Å².